The Kier molecular flexibility index (Phi) is 4.72. The standard InChI is InChI=1S/C19H17BrN6O/c1-3-27-16-7-5-13(20)9-12(16)10-21-25-19-23-18-17(24-26-19)14-8-11(2)4-6-15(14)22-18/h4-10H,3H2,1-2H3,(H2,22,23,25,26)/b21-10+. The highest BCUT2D eigenvalue weighted by molar-refractivity contribution is 9.10. The maximum Gasteiger partial charge on any atom is 0.265 e. The van der Waals surface area contributed by atoms with Crippen molar-refractivity contribution in [1.82, 2.24) is 20.2 Å². The molecule has 0 saturated heterocycles. The topological polar surface area (TPSA) is 88.1 Å². The minimum Gasteiger partial charge on any atom is -0.493 e. The number of aromatic amines is 1. The summed E-state index contributed by atoms with van der Waals surface area (Å²) in [5.41, 5.74) is 7.22. The van der Waals surface area contributed by atoms with Crippen LogP contribution in [0, 0.1) is 6.92 Å². The lowest BCUT2D eigenvalue weighted by molar-refractivity contribution is 0.339. The summed E-state index contributed by atoms with van der Waals surface area (Å²) in [4.78, 5) is 7.71. The summed E-state index contributed by atoms with van der Waals surface area (Å²) in [5, 5.41) is 13.6. The van der Waals surface area contributed by atoms with Crippen LogP contribution in [0.15, 0.2) is 46.0 Å². The Morgan fingerprint density at radius 2 is 2.11 bits per heavy atom. The van der Waals surface area contributed by atoms with Gasteiger partial charge in [-0.05, 0) is 44.2 Å². The summed E-state index contributed by atoms with van der Waals surface area (Å²) in [6, 6.07) is 11.9. The second-order valence-corrected chi connectivity index (χ2v) is 6.91. The molecule has 2 heterocycles. The molecule has 0 saturated carbocycles. The molecule has 7 nitrogen and oxygen atoms in total. The van der Waals surface area contributed by atoms with Gasteiger partial charge in [0.25, 0.3) is 5.95 Å². The molecule has 0 aliphatic heterocycles. The molecule has 0 spiro atoms. The Morgan fingerprint density at radius 3 is 2.96 bits per heavy atom. The van der Waals surface area contributed by atoms with Gasteiger partial charge >= 0.3 is 0 Å². The lowest BCUT2D eigenvalue weighted by Crippen LogP contribution is -2.00. The van der Waals surface area contributed by atoms with Crippen molar-refractivity contribution in [2.24, 2.45) is 5.10 Å². The Hall–Kier alpha value is -3.00. The highest BCUT2D eigenvalue weighted by Gasteiger charge is 2.09. The third kappa shape index (κ3) is 3.61. The number of hydrogen-bond acceptors (Lipinski definition) is 6. The van der Waals surface area contributed by atoms with Gasteiger partial charge in [-0.2, -0.15) is 10.1 Å². The molecule has 0 unspecified atom stereocenters. The first-order valence-electron chi connectivity index (χ1n) is 8.48. The van der Waals surface area contributed by atoms with Crippen molar-refractivity contribution in [3.8, 4) is 5.75 Å². The van der Waals surface area contributed by atoms with E-state index in [0.29, 0.717) is 18.2 Å². The average Bonchev–Trinajstić information content (AvgIpc) is 3.01. The number of rotatable bonds is 5. The number of halogens is 1. The number of fused-ring (bicyclic) bond motifs is 3. The summed E-state index contributed by atoms with van der Waals surface area (Å²) in [7, 11) is 0. The number of hydrazone groups is 1. The first-order valence-corrected chi connectivity index (χ1v) is 9.27. The molecule has 0 atom stereocenters. The molecule has 0 fully saturated rings. The largest absolute Gasteiger partial charge is 0.493 e. The van der Waals surface area contributed by atoms with Crippen molar-refractivity contribution in [2.45, 2.75) is 13.8 Å². The SMILES string of the molecule is CCOc1ccc(Br)cc1/C=N/Nc1nnc2c(n1)[nH]c1ccc(C)cc12. The van der Waals surface area contributed by atoms with Crippen molar-refractivity contribution in [3.63, 3.8) is 0 Å². The number of aryl methyl sites for hydroxylation is 1. The molecule has 8 heteroatoms. The highest BCUT2D eigenvalue weighted by Crippen LogP contribution is 2.24. The van der Waals surface area contributed by atoms with Gasteiger partial charge in [-0.15, -0.1) is 10.2 Å². The van der Waals surface area contributed by atoms with Crippen molar-refractivity contribution >= 4 is 50.2 Å². The molecule has 0 aliphatic rings. The van der Waals surface area contributed by atoms with Crippen molar-refractivity contribution < 1.29 is 4.74 Å². The zero-order valence-electron chi connectivity index (χ0n) is 14.8. The van der Waals surface area contributed by atoms with Gasteiger partial charge in [-0.1, -0.05) is 27.6 Å². The number of H-pyrrole nitrogens is 1. The lowest BCUT2D eigenvalue weighted by Gasteiger charge is -2.07. The van der Waals surface area contributed by atoms with E-state index in [1.165, 1.54) is 0 Å². The summed E-state index contributed by atoms with van der Waals surface area (Å²) >= 11 is 3.46. The van der Waals surface area contributed by atoms with Crippen LogP contribution in [-0.4, -0.2) is 33.0 Å². The molecular weight excluding hydrogens is 408 g/mol. The van der Waals surface area contributed by atoms with Gasteiger partial charge in [-0.25, -0.2) is 5.43 Å². The third-order valence-electron chi connectivity index (χ3n) is 4.01. The molecular formula is C19H17BrN6O. The Morgan fingerprint density at radius 1 is 1.22 bits per heavy atom. The van der Waals surface area contributed by atoms with Gasteiger partial charge in [0, 0.05) is 20.9 Å². The Bertz CT molecular complexity index is 1150. The Labute approximate surface area is 164 Å². The molecule has 27 heavy (non-hydrogen) atoms. The number of hydrogen-bond donors (Lipinski definition) is 2. The van der Waals surface area contributed by atoms with Crippen LogP contribution in [0.5, 0.6) is 5.75 Å². The summed E-state index contributed by atoms with van der Waals surface area (Å²) in [6.07, 6.45) is 1.66. The van der Waals surface area contributed by atoms with E-state index in [9.17, 15) is 0 Å². The quantitative estimate of drug-likeness (QED) is 0.365. The third-order valence-corrected chi connectivity index (χ3v) is 4.50. The predicted molar refractivity (Wildman–Crippen MR) is 110 cm³/mol. The molecule has 0 aliphatic carbocycles. The van der Waals surface area contributed by atoms with Gasteiger partial charge in [-0.3, -0.25) is 0 Å². The fraction of sp³-hybridized carbons (Fsp3) is 0.158. The van der Waals surface area contributed by atoms with Gasteiger partial charge in [0.1, 0.15) is 11.3 Å². The molecule has 0 radical (unpaired) electrons. The van der Waals surface area contributed by atoms with E-state index in [1.807, 2.05) is 44.2 Å². The summed E-state index contributed by atoms with van der Waals surface area (Å²) in [6.45, 7) is 4.57. The number of nitrogens with one attached hydrogen (secondary N) is 2. The van der Waals surface area contributed by atoms with Crippen LogP contribution in [-0.2, 0) is 0 Å². The highest BCUT2D eigenvalue weighted by atomic mass is 79.9. The molecule has 2 aromatic carbocycles. The van der Waals surface area contributed by atoms with E-state index in [-0.39, 0.29) is 0 Å². The van der Waals surface area contributed by atoms with Crippen molar-refractivity contribution in [1.29, 1.82) is 0 Å². The normalized spacial score (nSPS) is 11.5. The maximum atomic E-state index is 5.61. The molecule has 2 aromatic heterocycles. The van der Waals surface area contributed by atoms with Gasteiger partial charge < -0.3 is 9.72 Å². The monoisotopic (exact) mass is 424 g/mol. The first kappa shape index (κ1) is 17.4. The van der Waals surface area contributed by atoms with E-state index >= 15 is 0 Å². The van der Waals surface area contributed by atoms with Crippen LogP contribution in [0.3, 0.4) is 0 Å². The predicted octanol–water partition coefficient (Wildman–Crippen LogP) is 4.42. The number of benzene rings is 2. The zero-order valence-corrected chi connectivity index (χ0v) is 16.4. The van der Waals surface area contributed by atoms with Gasteiger partial charge in [0.2, 0.25) is 0 Å². The van der Waals surface area contributed by atoms with Crippen LogP contribution in [0.2, 0.25) is 0 Å². The number of aromatic nitrogens is 4. The number of ether oxygens (including phenoxy) is 1. The van der Waals surface area contributed by atoms with Crippen LogP contribution in [0.4, 0.5) is 5.95 Å². The fourth-order valence-electron chi connectivity index (χ4n) is 2.80. The van der Waals surface area contributed by atoms with Crippen LogP contribution in [0.25, 0.3) is 22.1 Å². The van der Waals surface area contributed by atoms with E-state index < -0.39 is 0 Å². The second-order valence-electron chi connectivity index (χ2n) is 5.99. The van der Waals surface area contributed by atoms with Gasteiger partial charge in [0.15, 0.2) is 5.65 Å². The number of anilines is 1. The number of nitrogens with zero attached hydrogens (tertiary/aromatic N) is 4. The van der Waals surface area contributed by atoms with E-state index in [0.717, 1.165) is 37.8 Å². The summed E-state index contributed by atoms with van der Waals surface area (Å²) < 4.78 is 6.55. The summed E-state index contributed by atoms with van der Waals surface area (Å²) in [5.74, 6) is 1.07. The second kappa shape index (κ2) is 7.32. The molecule has 4 aromatic rings. The molecule has 2 N–H and O–H groups in total. The van der Waals surface area contributed by atoms with Gasteiger partial charge in [0.05, 0.1) is 12.8 Å². The minimum absolute atomic E-state index is 0.315. The maximum absolute atomic E-state index is 5.61. The van der Waals surface area contributed by atoms with E-state index in [4.69, 9.17) is 4.74 Å². The van der Waals surface area contributed by atoms with Crippen molar-refractivity contribution in [3.05, 3.63) is 52.0 Å². The minimum atomic E-state index is 0.315. The smallest absolute Gasteiger partial charge is 0.265 e. The average molecular weight is 425 g/mol. The van der Waals surface area contributed by atoms with Crippen LogP contribution >= 0.6 is 15.9 Å². The Balaban J connectivity index is 1.60. The zero-order chi connectivity index (χ0) is 18.8. The molecule has 4 rings (SSSR count). The van der Waals surface area contributed by atoms with Crippen molar-refractivity contribution in [2.75, 3.05) is 12.0 Å². The van der Waals surface area contributed by atoms with E-state index in [2.05, 4.69) is 52.7 Å². The first-order chi connectivity index (χ1) is 13.1. The molecule has 0 bridgehead atoms. The van der Waals surface area contributed by atoms with Crippen LogP contribution in [0.1, 0.15) is 18.1 Å². The lowest BCUT2D eigenvalue weighted by atomic mass is 10.2. The molecule has 136 valence electrons. The van der Waals surface area contributed by atoms with E-state index in [1.54, 1.807) is 6.21 Å². The fourth-order valence-corrected chi connectivity index (χ4v) is 3.18. The van der Waals surface area contributed by atoms with Crippen LogP contribution < -0.4 is 10.2 Å². The molecule has 0 amide bonds.